The zero-order valence-electron chi connectivity index (χ0n) is 10.6. The van der Waals surface area contributed by atoms with Crippen molar-refractivity contribution < 1.29 is 9.53 Å². The van der Waals surface area contributed by atoms with Crippen molar-refractivity contribution in [1.82, 2.24) is 9.55 Å². The number of nitrogens with zero attached hydrogens (tertiary/aromatic N) is 2. The second-order valence-corrected chi connectivity index (χ2v) is 4.05. The molecule has 5 nitrogen and oxygen atoms in total. The first-order valence-electron chi connectivity index (χ1n) is 5.53. The van der Waals surface area contributed by atoms with Crippen LogP contribution in [0.15, 0.2) is 24.5 Å². The lowest BCUT2D eigenvalue weighted by Gasteiger charge is -2.10. The first-order chi connectivity index (χ1) is 8.54. The van der Waals surface area contributed by atoms with Crippen LogP contribution in [0.2, 0.25) is 0 Å². The summed E-state index contributed by atoms with van der Waals surface area (Å²) < 4.78 is 6.56. The molecule has 1 heterocycles. The van der Waals surface area contributed by atoms with E-state index in [1.54, 1.807) is 24.5 Å². The summed E-state index contributed by atoms with van der Waals surface area (Å²) >= 11 is 0. The molecule has 2 aromatic rings. The van der Waals surface area contributed by atoms with Gasteiger partial charge in [-0.1, -0.05) is 0 Å². The van der Waals surface area contributed by atoms with Gasteiger partial charge in [0.15, 0.2) is 0 Å². The predicted molar refractivity (Wildman–Crippen MR) is 68.8 cm³/mol. The van der Waals surface area contributed by atoms with Crippen LogP contribution >= 0.6 is 0 Å². The lowest BCUT2D eigenvalue weighted by molar-refractivity contribution is 0.0600. The number of ether oxygens (including phenoxy) is 1. The highest BCUT2D eigenvalue weighted by Gasteiger charge is 2.12. The molecule has 0 aliphatic heterocycles. The second-order valence-electron chi connectivity index (χ2n) is 4.05. The molecule has 0 fully saturated rings. The number of benzene rings is 1. The van der Waals surface area contributed by atoms with Crippen molar-refractivity contribution in [2.75, 3.05) is 12.8 Å². The summed E-state index contributed by atoms with van der Waals surface area (Å²) in [7, 11) is 1.35. The van der Waals surface area contributed by atoms with Gasteiger partial charge in [0.2, 0.25) is 0 Å². The number of anilines is 1. The minimum atomic E-state index is -0.384. The molecule has 0 aliphatic carbocycles. The normalized spacial score (nSPS) is 10.4. The number of imidazole rings is 1. The molecule has 18 heavy (non-hydrogen) atoms. The third kappa shape index (κ3) is 1.95. The van der Waals surface area contributed by atoms with Crippen molar-refractivity contribution in [3.63, 3.8) is 0 Å². The van der Waals surface area contributed by atoms with Gasteiger partial charge in [-0.2, -0.15) is 0 Å². The van der Waals surface area contributed by atoms with Crippen LogP contribution in [0.3, 0.4) is 0 Å². The Balaban J connectivity index is 2.57. The van der Waals surface area contributed by atoms with Crippen LogP contribution in [-0.2, 0) is 4.74 Å². The molecule has 0 aliphatic rings. The number of esters is 1. The zero-order valence-corrected chi connectivity index (χ0v) is 10.6. The number of carbonyl (C=O) groups is 1. The minimum Gasteiger partial charge on any atom is -0.465 e. The molecule has 1 aromatic heterocycles. The van der Waals surface area contributed by atoms with Crippen molar-refractivity contribution in [2.45, 2.75) is 13.8 Å². The number of nitrogen functional groups attached to an aromatic ring is 1. The van der Waals surface area contributed by atoms with Crippen molar-refractivity contribution in [1.29, 1.82) is 0 Å². The molecule has 0 bridgehead atoms. The SMILES string of the molecule is COC(=O)c1ccc(N)c(-n2cnc(C)c2C)c1. The Morgan fingerprint density at radius 2 is 2.11 bits per heavy atom. The molecule has 0 atom stereocenters. The standard InChI is InChI=1S/C13H15N3O2/c1-8-9(2)16(7-15-8)12-6-10(13(17)18-3)4-5-11(12)14/h4-7H,14H2,1-3H3. The quantitative estimate of drug-likeness (QED) is 0.647. The molecule has 0 spiro atoms. The van der Waals surface area contributed by atoms with Gasteiger partial charge in [-0.25, -0.2) is 9.78 Å². The van der Waals surface area contributed by atoms with E-state index in [0.29, 0.717) is 11.3 Å². The van der Waals surface area contributed by atoms with Gasteiger partial charge in [-0.05, 0) is 32.0 Å². The van der Waals surface area contributed by atoms with Gasteiger partial charge in [-0.15, -0.1) is 0 Å². The van der Waals surface area contributed by atoms with E-state index >= 15 is 0 Å². The summed E-state index contributed by atoms with van der Waals surface area (Å²) in [6.45, 7) is 3.87. The number of nitrogens with two attached hydrogens (primary N) is 1. The van der Waals surface area contributed by atoms with Crippen molar-refractivity contribution >= 4 is 11.7 Å². The van der Waals surface area contributed by atoms with E-state index in [0.717, 1.165) is 17.1 Å². The Hall–Kier alpha value is -2.30. The van der Waals surface area contributed by atoms with Crippen LogP contribution in [-0.4, -0.2) is 22.6 Å². The van der Waals surface area contributed by atoms with Crippen LogP contribution in [0.4, 0.5) is 5.69 Å². The van der Waals surface area contributed by atoms with E-state index in [9.17, 15) is 4.79 Å². The van der Waals surface area contributed by atoms with Crippen LogP contribution < -0.4 is 5.73 Å². The average Bonchev–Trinajstić information content (AvgIpc) is 2.70. The Morgan fingerprint density at radius 3 is 2.67 bits per heavy atom. The summed E-state index contributed by atoms with van der Waals surface area (Å²) in [6, 6.07) is 5.04. The molecule has 0 saturated carbocycles. The first kappa shape index (κ1) is 12.2. The fourth-order valence-electron chi connectivity index (χ4n) is 1.74. The molecule has 0 unspecified atom stereocenters. The van der Waals surface area contributed by atoms with Gasteiger partial charge in [-0.3, -0.25) is 0 Å². The van der Waals surface area contributed by atoms with Crippen LogP contribution in [0.5, 0.6) is 0 Å². The molecule has 2 rings (SSSR count). The van der Waals surface area contributed by atoms with Crippen LogP contribution in [0.1, 0.15) is 21.7 Å². The third-order valence-corrected chi connectivity index (χ3v) is 2.96. The summed E-state index contributed by atoms with van der Waals surface area (Å²) in [4.78, 5) is 15.7. The van der Waals surface area contributed by atoms with Crippen LogP contribution in [0, 0.1) is 13.8 Å². The highest BCUT2D eigenvalue weighted by Crippen LogP contribution is 2.22. The predicted octanol–water partition coefficient (Wildman–Crippen LogP) is 1.86. The van der Waals surface area contributed by atoms with Crippen molar-refractivity contribution in [3.8, 4) is 5.69 Å². The smallest absolute Gasteiger partial charge is 0.337 e. The summed E-state index contributed by atoms with van der Waals surface area (Å²) in [5.74, 6) is -0.384. The Labute approximate surface area is 105 Å². The van der Waals surface area contributed by atoms with E-state index < -0.39 is 0 Å². The maximum Gasteiger partial charge on any atom is 0.337 e. The number of carbonyl (C=O) groups excluding carboxylic acids is 1. The topological polar surface area (TPSA) is 70.1 Å². The highest BCUT2D eigenvalue weighted by atomic mass is 16.5. The van der Waals surface area contributed by atoms with E-state index in [1.807, 2.05) is 18.4 Å². The van der Waals surface area contributed by atoms with E-state index in [1.165, 1.54) is 7.11 Å². The molecule has 2 N–H and O–H groups in total. The van der Waals surface area contributed by atoms with E-state index in [2.05, 4.69) is 4.98 Å². The Bertz CT molecular complexity index is 602. The molecule has 94 valence electrons. The molecule has 0 radical (unpaired) electrons. The molecular weight excluding hydrogens is 230 g/mol. The number of methoxy groups -OCH3 is 1. The van der Waals surface area contributed by atoms with E-state index in [-0.39, 0.29) is 5.97 Å². The average molecular weight is 245 g/mol. The molecule has 0 saturated heterocycles. The van der Waals surface area contributed by atoms with Crippen molar-refractivity contribution in [2.24, 2.45) is 0 Å². The number of aromatic nitrogens is 2. The van der Waals surface area contributed by atoms with Gasteiger partial charge in [0, 0.05) is 5.69 Å². The largest absolute Gasteiger partial charge is 0.465 e. The summed E-state index contributed by atoms with van der Waals surface area (Å²) in [5.41, 5.74) is 9.64. The first-order valence-corrected chi connectivity index (χ1v) is 5.53. The molecule has 5 heteroatoms. The summed E-state index contributed by atoms with van der Waals surface area (Å²) in [5, 5.41) is 0. The maximum atomic E-state index is 11.5. The fraction of sp³-hybridized carbons (Fsp3) is 0.231. The van der Waals surface area contributed by atoms with Gasteiger partial charge >= 0.3 is 5.97 Å². The maximum absolute atomic E-state index is 11.5. The lowest BCUT2D eigenvalue weighted by Crippen LogP contribution is -2.06. The molecular formula is C13H15N3O2. The number of rotatable bonds is 2. The lowest BCUT2D eigenvalue weighted by atomic mass is 10.1. The zero-order chi connectivity index (χ0) is 13.3. The van der Waals surface area contributed by atoms with Gasteiger partial charge < -0.3 is 15.0 Å². The van der Waals surface area contributed by atoms with E-state index in [4.69, 9.17) is 10.5 Å². The second kappa shape index (κ2) is 4.52. The summed E-state index contributed by atoms with van der Waals surface area (Å²) in [6.07, 6.45) is 1.69. The van der Waals surface area contributed by atoms with Crippen LogP contribution in [0.25, 0.3) is 5.69 Å². The molecule has 0 amide bonds. The Morgan fingerprint density at radius 1 is 1.39 bits per heavy atom. The minimum absolute atomic E-state index is 0.384. The molecule has 1 aromatic carbocycles. The monoisotopic (exact) mass is 245 g/mol. The highest BCUT2D eigenvalue weighted by molar-refractivity contribution is 5.91. The number of hydrogen-bond acceptors (Lipinski definition) is 4. The van der Waals surface area contributed by atoms with Gasteiger partial charge in [0.1, 0.15) is 0 Å². The van der Waals surface area contributed by atoms with Gasteiger partial charge in [0.25, 0.3) is 0 Å². The van der Waals surface area contributed by atoms with Gasteiger partial charge in [0.05, 0.1) is 36.1 Å². The number of hydrogen-bond donors (Lipinski definition) is 1. The Kier molecular flexibility index (Phi) is 3.06. The van der Waals surface area contributed by atoms with Crippen molar-refractivity contribution in [3.05, 3.63) is 41.5 Å². The number of aryl methyl sites for hydroxylation is 1. The fourth-order valence-corrected chi connectivity index (χ4v) is 1.74. The third-order valence-electron chi connectivity index (χ3n) is 2.96.